The summed E-state index contributed by atoms with van der Waals surface area (Å²) in [5, 5.41) is 3.50. The van der Waals surface area contributed by atoms with Crippen LogP contribution in [0, 0.1) is 6.92 Å². The molecule has 0 amide bonds. The van der Waals surface area contributed by atoms with Gasteiger partial charge in [-0.1, -0.05) is 29.8 Å². The fraction of sp³-hybridized carbons (Fsp3) is 0.200. The number of rotatable bonds is 5. The topological polar surface area (TPSA) is 58.2 Å². The highest BCUT2D eigenvalue weighted by Crippen LogP contribution is 2.23. The van der Waals surface area contributed by atoms with Crippen molar-refractivity contribution in [3.8, 4) is 0 Å². The van der Waals surface area contributed by atoms with Gasteiger partial charge in [0, 0.05) is 11.6 Å². The van der Waals surface area contributed by atoms with E-state index < -0.39 is 10.0 Å². The fourth-order valence-corrected chi connectivity index (χ4v) is 3.19. The number of halogens is 1. The molecule has 21 heavy (non-hydrogen) atoms. The minimum Gasteiger partial charge on any atom is -0.316 e. The molecular weight excluding hydrogens is 308 g/mol. The maximum Gasteiger partial charge on any atom is 0.261 e. The quantitative estimate of drug-likeness (QED) is 0.888. The van der Waals surface area contributed by atoms with Gasteiger partial charge in [-0.2, -0.15) is 0 Å². The number of sulfonamides is 1. The van der Waals surface area contributed by atoms with Gasteiger partial charge in [0.15, 0.2) is 0 Å². The van der Waals surface area contributed by atoms with Crippen molar-refractivity contribution >= 4 is 27.3 Å². The number of aryl methyl sites for hydroxylation is 1. The molecule has 0 saturated carbocycles. The van der Waals surface area contributed by atoms with Crippen molar-refractivity contribution in [2.75, 3.05) is 11.8 Å². The lowest BCUT2D eigenvalue weighted by atomic mass is 10.2. The van der Waals surface area contributed by atoms with Crippen LogP contribution >= 0.6 is 11.6 Å². The molecule has 0 fully saturated rings. The van der Waals surface area contributed by atoms with Gasteiger partial charge in [0.05, 0.1) is 10.6 Å². The Kier molecular flexibility index (Phi) is 4.88. The average Bonchev–Trinajstić information content (AvgIpc) is 2.44. The number of nitrogens with one attached hydrogen (secondary N) is 2. The Bertz CT molecular complexity index is 728. The minimum atomic E-state index is -3.61. The fourth-order valence-electron chi connectivity index (χ4n) is 1.90. The van der Waals surface area contributed by atoms with E-state index in [2.05, 4.69) is 10.0 Å². The summed E-state index contributed by atoms with van der Waals surface area (Å²) in [5.41, 5.74) is 2.33. The van der Waals surface area contributed by atoms with E-state index in [1.165, 1.54) is 0 Å². The second-order valence-electron chi connectivity index (χ2n) is 4.74. The summed E-state index contributed by atoms with van der Waals surface area (Å²) >= 11 is 5.91. The van der Waals surface area contributed by atoms with Crippen LogP contribution < -0.4 is 10.0 Å². The van der Waals surface area contributed by atoms with Crippen molar-refractivity contribution in [2.24, 2.45) is 0 Å². The van der Waals surface area contributed by atoms with Crippen LogP contribution in [-0.4, -0.2) is 15.5 Å². The van der Waals surface area contributed by atoms with Crippen LogP contribution in [0.4, 0.5) is 5.69 Å². The number of hydrogen-bond acceptors (Lipinski definition) is 3. The molecule has 0 aliphatic carbocycles. The van der Waals surface area contributed by atoms with Gasteiger partial charge in [-0.25, -0.2) is 8.42 Å². The molecule has 2 aromatic rings. The van der Waals surface area contributed by atoms with Crippen molar-refractivity contribution in [3.05, 3.63) is 58.6 Å². The van der Waals surface area contributed by atoms with E-state index in [1.54, 1.807) is 42.5 Å². The van der Waals surface area contributed by atoms with Crippen LogP contribution in [0.1, 0.15) is 11.1 Å². The number of benzene rings is 2. The molecule has 0 aromatic heterocycles. The lowest BCUT2D eigenvalue weighted by Gasteiger charge is -2.11. The van der Waals surface area contributed by atoms with E-state index in [4.69, 9.17) is 11.6 Å². The summed E-state index contributed by atoms with van der Waals surface area (Å²) in [7, 11) is -1.77. The third-order valence-electron chi connectivity index (χ3n) is 3.06. The van der Waals surface area contributed by atoms with Crippen LogP contribution in [-0.2, 0) is 16.6 Å². The molecular formula is C15H17ClN2O2S. The van der Waals surface area contributed by atoms with Crippen molar-refractivity contribution in [2.45, 2.75) is 18.4 Å². The molecule has 0 unspecified atom stereocenters. The van der Waals surface area contributed by atoms with Crippen LogP contribution in [0.5, 0.6) is 0 Å². The van der Waals surface area contributed by atoms with Gasteiger partial charge >= 0.3 is 0 Å². The third kappa shape index (κ3) is 3.97. The smallest absolute Gasteiger partial charge is 0.261 e. The first-order chi connectivity index (χ1) is 9.92. The molecule has 0 atom stereocenters. The normalized spacial score (nSPS) is 11.4. The molecule has 0 bridgehead atoms. The summed E-state index contributed by atoms with van der Waals surface area (Å²) in [6.07, 6.45) is 0. The summed E-state index contributed by atoms with van der Waals surface area (Å²) in [5.74, 6) is 0. The molecule has 4 nitrogen and oxygen atoms in total. The number of hydrogen-bond donors (Lipinski definition) is 2. The third-order valence-corrected chi connectivity index (χ3v) is 4.67. The zero-order valence-corrected chi connectivity index (χ0v) is 13.4. The maximum absolute atomic E-state index is 12.4. The predicted octanol–water partition coefficient (Wildman–Crippen LogP) is 3.17. The summed E-state index contributed by atoms with van der Waals surface area (Å²) in [6, 6.07) is 11.9. The van der Waals surface area contributed by atoms with Crippen molar-refractivity contribution in [1.29, 1.82) is 0 Å². The molecule has 0 radical (unpaired) electrons. The highest BCUT2D eigenvalue weighted by atomic mass is 35.5. The van der Waals surface area contributed by atoms with E-state index in [9.17, 15) is 8.42 Å². The van der Waals surface area contributed by atoms with Gasteiger partial charge in [0.25, 0.3) is 10.0 Å². The molecule has 2 aromatic carbocycles. The van der Waals surface area contributed by atoms with E-state index in [-0.39, 0.29) is 4.90 Å². The van der Waals surface area contributed by atoms with Crippen LogP contribution in [0.3, 0.4) is 0 Å². The molecule has 0 aliphatic rings. The van der Waals surface area contributed by atoms with Gasteiger partial charge < -0.3 is 5.32 Å². The first-order valence-electron chi connectivity index (χ1n) is 6.45. The van der Waals surface area contributed by atoms with E-state index in [0.29, 0.717) is 17.3 Å². The van der Waals surface area contributed by atoms with Gasteiger partial charge in [0.2, 0.25) is 0 Å². The van der Waals surface area contributed by atoms with Crippen molar-refractivity contribution in [1.82, 2.24) is 5.32 Å². The number of anilines is 1. The Morgan fingerprint density at radius 3 is 2.38 bits per heavy atom. The molecule has 0 spiro atoms. The second-order valence-corrected chi connectivity index (χ2v) is 6.86. The highest BCUT2D eigenvalue weighted by Gasteiger charge is 2.15. The first kappa shape index (κ1) is 15.8. The molecule has 0 aliphatic heterocycles. The molecule has 2 rings (SSSR count). The van der Waals surface area contributed by atoms with Gasteiger partial charge in [0.1, 0.15) is 0 Å². The predicted molar refractivity (Wildman–Crippen MR) is 86.2 cm³/mol. The molecule has 2 N–H and O–H groups in total. The Balaban J connectivity index is 2.27. The van der Waals surface area contributed by atoms with Crippen LogP contribution in [0.25, 0.3) is 0 Å². The lowest BCUT2D eigenvalue weighted by molar-refractivity contribution is 0.601. The van der Waals surface area contributed by atoms with Crippen LogP contribution in [0.2, 0.25) is 5.02 Å². The molecule has 0 heterocycles. The average molecular weight is 325 g/mol. The molecule has 112 valence electrons. The van der Waals surface area contributed by atoms with Gasteiger partial charge in [-0.3, -0.25) is 4.72 Å². The monoisotopic (exact) mass is 324 g/mol. The zero-order valence-electron chi connectivity index (χ0n) is 11.9. The Morgan fingerprint density at radius 1 is 1.10 bits per heavy atom. The lowest BCUT2D eigenvalue weighted by Crippen LogP contribution is -2.14. The Morgan fingerprint density at radius 2 is 1.76 bits per heavy atom. The Hall–Kier alpha value is -1.56. The zero-order chi connectivity index (χ0) is 15.5. The van der Waals surface area contributed by atoms with E-state index in [0.717, 1.165) is 11.1 Å². The minimum absolute atomic E-state index is 0.224. The van der Waals surface area contributed by atoms with E-state index in [1.807, 2.05) is 14.0 Å². The first-order valence-corrected chi connectivity index (χ1v) is 8.31. The summed E-state index contributed by atoms with van der Waals surface area (Å²) in [6.45, 7) is 2.52. The summed E-state index contributed by atoms with van der Waals surface area (Å²) < 4.78 is 27.3. The second kappa shape index (κ2) is 6.47. The summed E-state index contributed by atoms with van der Waals surface area (Å²) in [4.78, 5) is 0.224. The molecule has 6 heteroatoms. The standard InChI is InChI=1S/C15H17ClN2O2S/c1-11-3-6-13(16)9-15(11)18-21(19,20)14-7-4-12(5-8-14)10-17-2/h3-9,17-18H,10H2,1-2H3. The largest absolute Gasteiger partial charge is 0.316 e. The van der Waals surface area contributed by atoms with E-state index >= 15 is 0 Å². The van der Waals surface area contributed by atoms with Crippen molar-refractivity contribution < 1.29 is 8.42 Å². The maximum atomic E-state index is 12.4. The molecule has 0 saturated heterocycles. The SMILES string of the molecule is CNCc1ccc(S(=O)(=O)Nc2cc(Cl)ccc2C)cc1. The highest BCUT2D eigenvalue weighted by molar-refractivity contribution is 7.92. The van der Waals surface area contributed by atoms with Gasteiger partial charge in [-0.15, -0.1) is 0 Å². The van der Waals surface area contributed by atoms with Gasteiger partial charge in [-0.05, 0) is 49.4 Å². The van der Waals surface area contributed by atoms with Crippen LogP contribution in [0.15, 0.2) is 47.4 Å². The Labute approximate surface area is 130 Å². The van der Waals surface area contributed by atoms with Crippen molar-refractivity contribution in [3.63, 3.8) is 0 Å².